The fourth-order valence-electron chi connectivity index (χ4n) is 0.711. The molecule has 0 aromatic heterocycles. The molecule has 0 atom stereocenters. The molecular weight excluding hydrogens is 190 g/mol. The quantitative estimate of drug-likeness (QED) is 0.382. The lowest BCUT2D eigenvalue weighted by atomic mass is 10.3. The number of nitrogens with two attached hydrogens (primary N) is 2. The highest BCUT2D eigenvalue weighted by molar-refractivity contribution is 7.80. The maximum Gasteiger partial charge on any atom is 0.226 e. The van der Waals surface area contributed by atoms with Crippen LogP contribution in [-0.2, 0) is 9.59 Å². The zero-order valence-corrected chi connectivity index (χ0v) is 8.02. The van der Waals surface area contributed by atoms with Crippen molar-refractivity contribution in [1.29, 1.82) is 0 Å². The maximum atomic E-state index is 10.9. The SMILES string of the molecule is NC(=O)CCCNC(=O)CC(N)=S. The van der Waals surface area contributed by atoms with Crippen molar-refractivity contribution in [2.75, 3.05) is 6.54 Å². The van der Waals surface area contributed by atoms with Crippen LogP contribution in [0.4, 0.5) is 0 Å². The second-order valence-electron chi connectivity index (χ2n) is 2.56. The number of hydrogen-bond acceptors (Lipinski definition) is 3. The number of amides is 2. The largest absolute Gasteiger partial charge is 0.393 e. The summed E-state index contributed by atoms with van der Waals surface area (Å²) in [6, 6.07) is 0. The third-order valence-electron chi connectivity index (χ3n) is 1.26. The predicted octanol–water partition coefficient (Wildman–Crippen LogP) is -0.956. The molecule has 0 bridgehead atoms. The monoisotopic (exact) mass is 203 g/mol. The summed E-state index contributed by atoms with van der Waals surface area (Å²) in [6.45, 7) is 0.421. The van der Waals surface area contributed by atoms with Crippen LogP contribution < -0.4 is 16.8 Å². The summed E-state index contributed by atoms with van der Waals surface area (Å²) < 4.78 is 0. The van der Waals surface area contributed by atoms with E-state index >= 15 is 0 Å². The highest BCUT2D eigenvalue weighted by Crippen LogP contribution is 1.86. The van der Waals surface area contributed by atoms with Crippen LogP contribution in [0.1, 0.15) is 19.3 Å². The highest BCUT2D eigenvalue weighted by Gasteiger charge is 2.01. The lowest BCUT2D eigenvalue weighted by molar-refractivity contribution is -0.121. The van der Waals surface area contributed by atoms with Crippen LogP contribution in [0.2, 0.25) is 0 Å². The van der Waals surface area contributed by atoms with Crippen LogP contribution in [0, 0.1) is 0 Å². The van der Waals surface area contributed by atoms with Gasteiger partial charge in [0.15, 0.2) is 0 Å². The Morgan fingerprint density at radius 1 is 1.31 bits per heavy atom. The lowest BCUT2D eigenvalue weighted by Gasteiger charge is -2.02. The van der Waals surface area contributed by atoms with Crippen LogP contribution in [0.25, 0.3) is 0 Å². The van der Waals surface area contributed by atoms with Gasteiger partial charge >= 0.3 is 0 Å². The Bertz CT molecular complexity index is 218. The van der Waals surface area contributed by atoms with Gasteiger partial charge in [0.25, 0.3) is 0 Å². The van der Waals surface area contributed by atoms with Crippen molar-refractivity contribution in [3.63, 3.8) is 0 Å². The smallest absolute Gasteiger partial charge is 0.226 e. The fraction of sp³-hybridized carbons (Fsp3) is 0.571. The molecule has 0 saturated carbocycles. The molecule has 0 unspecified atom stereocenters. The van der Waals surface area contributed by atoms with Crippen LogP contribution in [0.15, 0.2) is 0 Å². The van der Waals surface area contributed by atoms with E-state index in [9.17, 15) is 9.59 Å². The molecule has 0 spiro atoms. The van der Waals surface area contributed by atoms with E-state index in [1.165, 1.54) is 0 Å². The second-order valence-corrected chi connectivity index (χ2v) is 3.09. The lowest BCUT2D eigenvalue weighted by Crippen LogP contribution is -2.29. The number of nitrogens with one attached hydrogen (secondary N) is 1. The molecule has 0 aromatic rings. The van der Waals surface area contributed by atoms with Gasteiger partial charge in [-0.2, -0.15) is 0 Å². The molecule has 5 nitrogen and oxygen atoms in total. The highest BCUT2D eigenvalue weighted by atomic mass is 32.1. The summed E-state index contributed by atoms with van der Waals surface area (Å²) in [4.78, 5) is 21.4. The molecule has 13 heavy (non-hydrogen) atoms. The fourth-order valence-corrected chi connectivity index (χ4v) is 0.842. The minimum Gasteiger partial charge on any atom is -0.393 e. The maximum absolute atomic E-state index is 10.9. The van der Waals surface area contributed by atoms with E-state index < -0.39 is 0 Å². The van der Waals surface area contributed by atoms with Gasteiger partial charge in [-0.15, -0.1) is 0 Å². The third-order valence-corrected chi connectivity index (χ3v) is 1.40. The molecule has 0 aliphatic rings. The summed E-state index contributed by atoms with van der Waals surface area (Å²) >= 11 is 4.53. The zero-order chi connectivity index (χ0) is 10.3. The first kappa shape index (κ1) is 11.8. The van der Waals surface area contributed by atoms with Crippen LogP contribution in [0.3, 0.4) is 0 Å². The van der Waals surface area contributed by atoms with Gasteiger partial charge in [0.05, 0.1) is 11.4 Å². The average Bonchev–Trinajstić information content (AvgIpc) is 1.96. The predicted molar refractivity (Wildman–Crippen MR) is 52.8 cm³/mol. The number of carbonyl (C=O) groups excluding carboxylic acids is 2. The molecule has 0 rings (SSSR count). The number of primary amides is 1. The van der Waals surface area contributed by atoms with Crippen molar-refractivity contribution in [3.8, 4) is 0 Å². The first-order valence-corrected chi connectivity index (χ1v) is 4.26. The molecular formula is C7H13N3O2S. The summed E-state index contributed by atoms with van der Waals surface area (Å²) in [5.41, 5.74) is 10.0. The van der Waals surface area contributed by atoms with E-state index in [-0.39, 0.29) is 29.6 Å². The standard InChI is InChI=1S/C7H13N3O2S/c8-5(11)2-1-3-10-7(12)4-6(9)13/h1-4H2,(H2,8,11)(H2,9,13)(H,10,12). The Morgan fingerprint density at radius 3 is 2.38 bits per heavy atom. The summed E-state index contributed by atoms with van der Waals surface area (Å²) in [7, 11) is 0. The average molecular weight is 203 g/mol. The van der Waals surface area contributed by atoms with E-state index in [2.05, 4.69) is 17.5 Å². The van der Waals surface area contributed by atoms with Crippen molar-refractivity contribution >= 4 is 29.0 Å². The van der Waals surface area contributed by atoms with Crippen LogP contribution in [-0.4, -0.2) is 23.3 Å². The molecule has 0 aromatic carbocycles. The van der Waals surface area contributed by atoms with Gasteiger partial charge in [0.2, 0.25) is 11.8 Å². The molecule has 0 aliphatic carbocycles. The molecule has 2 amide bonds. The van der Waals surface area contributed by atoms with Crippen molar-refractivity contribution < 1.29 is 9.59 Å². The van der Waals surface area contributed by atoms with Crippen LogP contribution >= 0.6 is 12.2 Å². The van der Waals surface area contributed by atoms with E-state index in [1.54, 1.807) is 0 Å². The van der Waals surface area contributed by atoms with Gasteiger partial charge < -0.3 is 16.8 Å². The second kappa shape index (κ2) is 6.36. The Morgan fingerprint density at radius 2 is 1.92 bits per heavy atom. The Kier molecular flexibility index (Phi) is 5.79. The van der Waals surface area contributed by atoms with Crippen molar-refractivity contribution in [3.05, 3.63) is 0 Å². The van der Waals surface area contributed by atoms with Gasteiger partial charge in [-0.05, 0) is 6.42 Å². The van der Waals surface area contributed by atoms with E-state index in [1.807, 2.05) is 0 Å². The zero-order valence-electron chi connectivity index (χ0n) is 7.21. The van der Waals surface area contributed by atoms with Gasteiger partial charge in [-0.3, -0.25) is 9.59 Å². The summed E-state index contributed by atoms with van der Waals surface area (Å²) in [6.07, 6.45) is 0.859. The molecule has 74 valence electrons. The number of hydrogen-bond donors (Lipinski definition) is 3. The molecule has 0 fully saturated rings. The minimum atomic E-state index is -0.372. The molecule has 0 radical (unpaired) electrons. The van der Waals surface area contributed by atoms with Crippen molar-refractivity contribution in [2.45, 2.75) is 19.3 Å². The Balaban J connectivity index is 3.37. The third kappa shape index (κ3) is 8.74. The topological polar surface area (TPSA) is 98.2 Å². The molecule has 5 N–H and O–H groups in total. The van der Waals surface area contributed by atoms with E-state index in [0.717, 1.165) is 0 Å². The normalized spacial score (nSPS) is 9.23. The summed E-state index contributed by atoms with van der Waals surface area (Å²) in [5.74, 6) is -0.597. The molecule has 6 heteroatoms. The van der Waals surface area contributed by atoms with E-state index in [4.69, 9.17) is 11.5 Å². The number of thiocarbonyl (C=S) groups is 1. The van der Waals surface area contributed by atoms with Gasteiger partial charge in [0, 0.05) is 13.0 Å². The summed E-state index contributed by atoms with van der Waals surface area (Å²) in [5, 5.41) is 2.56. The minimum absolute atomic E-state index is 0.0475. The van der Waals surface area contributed by atoms with E-state index in [0.29, 0.717) is 13.0 Å². The Hall–Kier alpha value is -1.17. The molecule has 0 heterocycles. The number of carbonyl (C=O) groups is 2. The number of rotatable bonds is 6. The van der Waals surface area contributed by atoms with Gasteiger partial charge in [-0.1, -0.05) is 12.2 Å². The molecule has 0 aliphatic heterocycles. The first-order chi connectivity index (χ1) is 6.02. The van der Waals surface area contributed by atoms with Crippen molar-refractivity contribution in [1.82, 2.24) is 5.32 Å². The van der Waals surface area contributed by atoms with Crippen LogP contribution in [0.5, 0.6) is 0 Å². The van der Waals surface area contributed by atoms with Crippen molar-refractivity contribution in [2.24, 2.45) is 11.5 Å². The van der Waals surface area contributed by atoms with Gasteiger partial charge in [-0.25, -0.2) is 0 Å². The van der Waals surface area contributed by atoms with Gasteiger partial charge in [0.1, 0.15) is 0 Å². The Labute approximate surface area is 81.8 Å². The molecule has 0 saturated heterocycles. The first-order valence-electron chi connectivity index (χ1n) is 3.85.